The Hall–Kier alpha value is -3.01. The third kappa shape index (κ3) is 6.40. The summed E-state index contributed by atoms with van der Waals surface area (Å²) in [4.78, 5) is 30.0. The van der Waals surface area contributed by atoms with Crippen LogP contribution in [0.25, 0.3) is 10.1 Å². The molecule has 4 rings (SSSR count). The molecule has 36 heavy (non-hydrogen) atoms. The van der Waals surface area contributed by atoms with Crippen molar-refractivity contribution < 1.29 is 9.59 Å². The number of nitrogens with one attached hydrogen (secondary N) is 2. The number of amides is 2. The number of nitrogens with two attached hydrogens (primary N) is 1. The van der Waals surface area contributed by atoms with E-state index < -0.39 is 6.04 Å². The van der Waals surface area contributed by atoms with E-state index in [2.05, 4.69) is 49.1 Å². The van der Waals surface area contributed by atoms with E-state index in [1.54, 1.807) is 35.8 Å². The number of hydrogen-bond acceptors (Lipinski definition) is 7. The number of benzene rings is 2. The number of carbonyl (C=O) groups is 2. The summed E-state index contributed by atoms with van der Waals surface area (Å²) in [7, 11) is 0. The molecule has 1 saturated heterocycles. The van der Waals surface area contributed by atoms with Gasteiger partial charge in [0.05, 0.1) is 22.0 Å². The number of unbranched alkanes of at least 4 members (excludes halogenated alkanes) is 1. The summed E-state index contributed by atoms with van der Waals surface area (Å²) in [6, 6.07) is 14.8. The van der Waals surface area contributed by atoms with Crippen LogP contribution in [0.5, 0.6) is 0 Å². The third-order valence-electron chi connectivity index (χ3n) is 6.67. The minimum Gasteiger partial charge on any atom is -0.353 e. The number of aromatic nitrogens is 1. The molecular formula is C27H36N6O2S. The van der Waals surface area contributed by atoms with Gasteiger partial charge in [-0.15, -0.1) is 0 Å². The second-order valence-corrected chi connectivity index (χ2v) is 10.4. The van der Waals surface area contributed by atoms with Crippen molar-refractivity contribution in [2.24, 2.45) is 11.7 Å². The predicted octanol–water partition coefficient (Wildman–Crippen LogP) is 3.55. The lowest BCUT2D eigenvalue weighted by molar-refractivity contribution is -0.118. The van der Waals surface area contributed by atoms with Crippen molar-refractivity contribution in [3.8, 4) is 0 Å². The SMILES string of the molecule is CC(C)[C@@H](N)C(=O)Nc1ccccc1C(=O)NCCCCN1CCN(c2nsc3ccccc23)CC1. The molecule has 3 aromatic rings. The Kier molecular flexibility index (Phi) is 8.90. The molecule has 1 atom stereocenters. The second-order valence-electron chi connectivity index (χ2n) is 9.60. The van der Waals surface area contributed by atoms with Crippen molar-refractivity contribution in [2.75, 3.05) is 49.5 Å². The molecule has 1 aliphatic rings. The first-order valence-corrected chi connectivity index (χ1v) is 13.5. The first-order valence-electron chi connectivity index (χ1n) is 12.7. The lowest BCUT2D eigenvalue weighted by Crippen LogP contribution is -2.46. The van der Waals surface area contributed by atoms with Crippen LogP contribution < -0.4 is 21.3 Å². The summed E-state index contributed by atoms with van der Waals surface area (Å²) in [5, 5.41) is 7.04. The maximum atomic E-state index is 12.7. The molecule has 0 unspecified atom stereocenters. The molecule has 2 heterocycles. The average Bonchev–Trinajstić information content (AvgIpc) is 3.32. The number of fused-ring (bicyclic) bond motifs is 1. The Bertz CT molecular complexity index is 1170. The molecule has 2 amide bonds. The minimum absolute atomic E-state index is 0.0150. The zero-order valence-electron chi connectivity index (χ0n) is 21.1. The normalized spacial score (nSPS) is 15.3. The first kappa shape index (κ1) is 26.1. The Labute approximate surface area is 217 Å². The summed E-state index contributed by atoms with van der Waals surface area (Å²) < 4.78 is 5.93. The van der Waals surface area contributed by atoms with Crippen LogP contribution in [0.15, 0.2) is 48.5 Å². The van der Waals surface area contributed by atoms with Crippen molar-refractivity contribution in [3.63, 3.8) is 0 Å². The van der Waals surface area contributed by atoms with Gasteiger partial charge in [0.2, 0.25) is 5.91 Å². The molecule has 0 aliphatic carbocycles. The number of carbonyl (C=O) groups excluding carboxylic acids is 2. The highest BCUT2D eigenvalue weighted by Gasteiger charge is 2.21. The lowest BCUT2D eigenvalue weighted by atomic mass is 10.0. The third-order valence-corrected chi connectivity index (χ3v) is 7.48. The fourth-order valence-corrected chi connectivity index (χ4v) is 5.15. The van der Waals surface area contributed by atoms with Gasteiger partial charge in [0.1, 0.15) is 5.82 Å². The maximum absolute atomic E-state index is 12.7. The number of nitrogens with zero attached hydrogens (tertiary/aromatic N) is 3. The van der Waals surface area contributed by atoms with Crippen LogP contribution in [0.3, 0.4) is 0 Å². The van der Waals surface area contributed by atoms with Gasteiger partial charge in [-0.3, -0.25) is 14.5 Å². The summed E-state index contributed by atoms with van der Waals surface area (Å²) in [5.74, 6) is 0.656. The number of piperazine rings is 1. The van der Waals surface area contributed by atoms with E-state index in [1.165, 1.54) is 10.1 Å². The molecule has 1 fully saturated rings. The molecule has 1 aromatic heterocycles. The summed E-state index contributed by atoms with van der Waals surface area (Å²) in [6.45, 7) is 9.39. The quantitative estimate of drug-likeness (QED) is 0.362. The van der Waals surface area contributed by atoms with Gasteiger partial charge in [0.15, 0.2) is 0 Å². The molecule has 4 N–H and O–H groups in total. The van der Waals surface area contributed by atoms with Crippen LogP contribution >= 0.6 is 11.5 Å². The summed E-state index contributed by atoms with van der Waals surface area (Å²) in [6.07, 6.45) is 1.91. The Morgan fingerprint density at radius 1 is 1.03 bits per heavy atom. The van der Waals surface area contributed by atoms with Crippen LogP contribution in [0, 0.1) is 5.92 Å². The molecule has 8 nitrogen and oxygen atoms in total. The Balaban J connectivity index is 1.17. The standard InChI is InChI=1S/C27H36N6O2S/c1-19(2)24(28)27(35)30-22-11-5-3-9-20(22)26(34)29-13-7-8-14-32-15-17-33(18-16-32)25-21-10-4-6-12-23(21)36-31-25/h3-6,9-12,19,24H,7-8,13-18,28H2,1-2H3,(H,29,34)(H,30,35)/t24-/m1/s1. The van der Waals surface area contributed by atoms with E-state index in [9.17, 15) is 9.59 Å². The highest BCUT2D eigenvalue weighted by atomic mass is 32.1. The zero-order chi connectivity index (χ0) is 25.5. The summed E-state index contributed by atoms with van der Waals surface area (Å²) >= 11 is 1.57. The number of rotatable bonds is 10. The smallest absolute Gasteiger partial charge is 0.253 e. The van der Waals surface area contributed by atoms with Gasteiger partial charge in [0, 0.05) is 38.1 Å². The highest BCUT2D eigenvalue weighted by Crippen LogP contribution is 2.29. The van der Waals surface area contributed by atoms with Gasteiger partial charge in [0.25, 0.3) is 5.91 Å². The molecule has 9 heteroatoms. The number of anilines is 2. The van der Waals surface area contributed by atoms with E-state index >= 15 is 0 Å². The topological polar surface area (TPSA) is 104 Å². The van der Waals surface area contributed by atoms with Crippen molar-refractivity contribution in [2.45, 2.75) is 32.7 Å². The second kappa shape index (κ2) is 12.3. The van der Waals surface area contributed by atoms with Crippen molar-refractivity contribution in [1.82, 2.24) is 14.6 Å². The predicted molar refractivity (Wildman–Crippen MR) is 148 cm³/mol. The van der Waals surface area contributed by atoms with Crippen LogP contribution in [0.1, 0.15) is 37.0 Å². The molecule has 1 aliphatic heterocycles. The van der Waals surface area contributed by atoms with Crippen LogP contribution in [-0.2, 0) is 4.79 Å². The van der Waals surface area contributed by atoms with E-state index in [0.717, 1.165) is 51.4 Å². The molecule has 0 saturated carbocycles. The van der Waals surface area contributed by atoms with Gasteiger partial charge >= 0.3 is 0 Å². The monoisotopic (exact) mass is 508 g/mol. The largest absolute Gasteiger partial charge is 0.353 e. The van der Waals surface area contributed by atoms with Crippen molar-refractivity contribution in [3.05, 3.63) is 54.1 Å². The van der Waals surface area contributed by atoms with E-state index in [4.69, 9.17) is 5.73 Å². The zero-order valence-corrected chi connectivity index (χ0v) is 21.9. The van der Waals surface area contributed by atoms with Gasteiger partial charge in [-0.2, -0.15) is 4.37 Å². The van der Waals surface area contributed by atoms with E-state index in [-0.39, 0.29) is 17.7 Å². The fourth-order valence-electron chi connectivity index (χ4n) is 4.35. The highest BCUT2D eigenvalue weighted by molar-refractivity contribution is 7.13. The Morgan fingerprint density at radius 2 is 1.75 bits per heavy atom. The van der Waals surface area contributed by atoms with E-state index in [0.29, 0.717) is 17.8 Å². The first-order chi connectivity index (χ1) is 17.4. The molecule has 192 valence electrons. The van der Waals surface area contributed by atoms with Crippen LogP contribution in [0.2, 0.25) is 0 Å². The molecule has 0 radical (unpaired) electrons. The minimum atomic E-state index is -0.621. The van der Waals surface area contributed by atoms with Gasteiger partial charge in [-0.1, -0.05) is 38.1 Å². The lowest BCUT2D eigenvalue weighted by Gasteiger charge is -2.35. The molecular weight excluding hydrogens is 472 g/mol. The number of hydrogen-bond donors (Lipinski definition) is 3. The van der Waals surface area contributed by atoms with Gasteiger partial charge in [-0.25, -0.2) is 0 Å². The summed E-state index contributed by atoms with van der Waals surface area (Å²) in [5.41, 5.74) is 6.88. The molecule has 2 aromatic carbocycles. The molecule has 0 spiro atoms. The number of para-hydroxylation sites is 1. The maximum Gasteiger partial charge on any atom is 0.253 e. The Morgan fingerprint density at radius 3 is 2.53 bits per heavy atom. The van der Waals surface area contributed by atoms with E-state index in [1.807, 2.05) is 13.8 Å². The average molecular weight is 509 g/mol. The van der Waals surface area contributed by atoms with Crippen molar-refractivity contribution >= 4 is 44.9 Å². The van der Waals surface area contributed by atoms with Crippen LogP contribution in [-0.4, -0.2) is 66.4 Å². The fraction of sp³-hybridized carbons (Fsp3) is 0.444. The van der Waals surface area contributed by atoms with Gasteiger partial charge < -0.3 is 21.3 Å². The van der Waals surface area contributed by atoms with Crippen molar-refractivity contribution in [1.29, 1.82) is 0 Å². The van der Waals surface area contributed by atoms with Gasteiger partial charge in [-0.05, 0) is 61.1 Å². The van der Waals surface area contributed by atoms with Crippen LogP contribution in [0.4, 0.5) is 11.5 Å². The molecule has 0 bridgehead atoms.